The van der Waals surface area contributed by atoms with Crippen LogP contribution in [0, 0.1) is 0 Å². The van der Waals surface area contributed by atoms with Gasteiger partial charge in [0.15, 0.2) is 0 Å². The van der Waals surface area contributed by atoms with Crippen LogP contribution in [0.1, 0.15) is 19.3 Å². The molecule has 0 atom stereocenters. The summed E-state index contributed by atoms with van der Waals surface area (Å²) in [6.45, 7) is 0. The van der Waals surface area contributed by atoms with Crippen LogP contribution in [-0.2, 0) is 9.59 Å². The fraction of sp³-hybridized carbons (Fsp3) is 0.556. The Morgan fingerprint density at radius 3 is 2.46 bits per heavy atom. The second-order valence-corrected chi connectivity index (χ2v) is 2.58. The number of unbranched alkanes of at least 4 members (excludes halogenated alkanes) is 1. The SMILES string of the molecule is CNC(=O)C=CCCCC(=O)NC. The van der Waals surface area contributed by atoms with Gasteiger partial charge in [0.1, 0.15) is 0 Å². The van der Waals surface area contributed by atoms with Gasteiger partial charge in [0.2, 0.25) is 11.8 Å². The van der Waals surface area contributed by atoms with Crippen molar-refractivity contribution in [2.45, 2.75) is 19.3 Å². The van der Waals surface area contributed by atoms with Gasteiger partial charge in [0.05, 0.1) is 0 Å². The molecule has 0 aromatic carbocycles. The average molecular weight is 184 g/mol. The maximum atomic E-state index is 10.8. The summed E-state index contributed by atoms with van der Waals surface area (Å²) in [6, 6.07) is 0. The van der Waals surface area contributed by atoms with E-state index in [2.05, 4.69) is 10.6 Å². The van der Waals surface area contributed by atoms with Crippen LogP contribution in [-0.4, -0.2) is 25.9 Å². The van der Waals surface area contributed by atoms with Crippen LogP contribution in [0.25, 0.3) is 0 Å². The molecule has 0 spiro atoms. The average Bonchev–Trinajstić information content (AvgIpc) is 2.16. The highest BCUT2D eigenvalue weighted by Crippen LogP contribution is 1.95. The van der Waals surface area contributed by atoms with Crippen LogP contribution in [0.4, 0.5) is 0 Å². The lowest BCUT2D eigenvalue weighted by molar-refractivity contribution is -0.120. The largest absolute Gasteiger partial charge is 0.359 e. The molecule has 74 valence electrons. The molecular formula is C9H16N2O2. The fourth-order valence-corrected chi connectivity index (χ4v) is 0.779. The summed E-state index contributed by atoms with van der Waals surface area (Å²) < 4.78 is 0. The number of carbonyl (C=O) groups is 2. The second-order valence-electron chi connectivity index (χ2n) is 2.58. The normalized spacial score (nSPS) is 10.0. The third-order valence-corrected chi connectivity index (χ3v) is 1.57. The number of hydrogen-bond donors (Lipinski definition) is 2. The van der Waals surface area contributed by atoms with E-state index in [1.807, 2.05) is 0 Å². The third kappa shape index (κ3) is 7.05. The lowest BCUT2D eigenvalue weighted by Gasteiger charge is -1.95. The van der Waals surface area contributed by atoms with Gasteiger partial charge in [-0.15, -0.1) is 0 Å². The van der Waals surface area contributed by atoms with E-state index in [9.17, 15) is 9.59 Å². The highest BCUT2D eigenvalue weighted by molar-refractivity contribution is 5.87. The van der Waals surface area contributed by atoms with Crippen LogP contribution >= 0.6 is 0 Å². The molecule has 0 saturated carbocycles. The van der Waals surface area contributed by atoms with E-state index in [0.717, 1.165) is 12.8 Å². The molecular weight excluding hydrogens is 168 g/mol. The van der Waals surface area contributed by atoms with Crippen molar-refractivity contribution in [3.05, 3.63) is 12.2 Å². The zero-order chi connectivity index (χ0) is 10.1. The van der Waals surface area contributed by atoms with Crippen molar-refractivity contribution in [2.75, 3.05) is 14.1 Å². The van der Waals surface area contributed by atoms with Gasteiger partial charge >= 0.3 is 0 Å². The Bertz CT molecular complexity index is 200. The molecule has 0 aromatic heterocycles. The maximum absolute atomic E-state index is 10.8. The Hall–Kier alpha value is -1.32. The van der Waals surface area contributed by atoms with Crippen LogP contribution in [0.2, 0.25) is 0 Å². The zero-order valence-corrected chi connectivity index (χ0v) is 8.09. The molecule has 2 amide bonds. The topological polar surface area (TPSA) is 58.2 Å². The number of rotatable bonds is 5. The molecule has 0 radical (unpaired) electrons. The van der Waals surface area contributed by atoms with Gasteiger partial charge < -0.3 is 10.6 Å². The highest BCUT2D eigenvalue weighted by atomic mass is 16.2. The van der Waals surface area contributed by atoms with Crippen molar-refractivity contribution in [1.82, 2.24) is 10.6 Å². The minimum atomic E-state index is -0.111. The van der Waals surface area contributed by atoms with Gasteiger partial charge in [-0.2, -0.15) is 0 Å². The summed E-state index contributed by atoms with van der Waals surface area (Å²) in [4.78, 5) is 21.4. The van der Waals surface area contributed by atoms with E-state index < -0.39 is 0 Å². The predicted octanol–water partition coefficient (Wildman–Crippen LogP) is 0.205. The van der Waals surface area contributed by atoms with E-state index in [1.54, 1.807) is 20.2 Å². The van der Waals surface area contributed by atoms with E-state index >= 15 is 0 Å². The molecule has 0 saturated heterocycles. The molecule has 0 aliphatic rings. The first kappa shape index (κ1) is 11.7. The number of carbonyl (C=O) groups excluding carboxylic acids is 2. The Labute approximate surface area is 78.4 Å². The predicted molar refractivity (Wildman–Crippen MR) is 51.1 cm³/mol. The Morgan fingerprint density at radius 2 is 1.92 bits per heavy atom. The monoisotopic (exact) mass is 184 g/mol. The zero-order valence-electron chi connectivity index (χ0n) is 8.09. The number of allylic oxidation sites excluding steroid dienone is 1. The third-order valence-electron chi connectivity index (χ3n) is 1.57. The van der Waals surface area contributed by atoms with E-state index in [4.69, 9.17) is 0 Å². The molecule has 2 N–H and O–H groups in total. The van der Waals surface area contributed by atoms with E-state index in [0.29, 0.717) is 6.42 Å². The number of likely N-dealkylation sites (N-methyl/N-ethyl adjacent to an activating group) is 1. The van der Waals surface area contributed by atoms with Crippen LogP contribution < -0.4 is 10.6 Å². The first-order valence-corrected chi connectivity index (χ1v) is 4.29. The first-order valence-electron chi connectivity index (χ1n) is 4.29. The first-order chi connectivity index (χ1) is 6.20. The molecule has 4 heteroatoms. The smallest absolute Gasteiger partial charge is 0.243 e. The Balaban J connectivity index is 3.40. The number of amides is 2. The molecule has 0 aromatic rings. The van der Waals surface area contributed by atoms with E-state index in [1.165, 1.54) is 6.08 Å². The number of nitrogens with one attached hydrogen (secondary N) is 2. The molecule has 0 heterocycles. The van der Waals surface area contributed by atoms with E-state index in [-0.39, 0.29) is 11.8 Å². The summed E-state index contributed by atoms with van der Waals surface area (Å²) in [6.07, 6.45) is 5.27. The standard InChI is InChI=1S/C9H16N2O2/c1-10-8(12)6-4-3-5-7-9(13)11-2/h4,6H,3,5,7H2,1-2H3,(H,10,12)(H,11,13). The van der Waals surface area contributed by atoms with Crippen molar-refractivity contribution in [1.29, 1.82) is 0 Å². The highest BCUT2D eigenvalue weighted by Gasteiger charge is 1.95. The summed E-state index contributed by atoms with van der Waals surface area (Å²) in [5.74, 6) is -0.0757. The lowest BCUT2D eigenvalue weighted by atomic mass is 10.2. The van der Waals surface area contributed by atoms with Crippen molar-refractivity contribution < 1.29 is 9.59 Å². The minimum Gasteiger partial charge on any atom is -0.359 e. The molecule has 0 unspecified atom stereocenters. The fourth-order valence-electron chi connectivity index (χ4n) is 0.779. The molecule has 4 nitrogen and oxygen atoms in total. The van der Waals surface area contributed by atoms with Gasteiger partial charge in [0, 0.05) is 20.5 Å². The Morgan fingerprint density at radius 1 is 1.23 bits per heavy atom. The van der Waals surface area contributed by atoms with Crippen molar-refractivity contribution >= 4 is 11.8 Å². The van der Waals surface area contributed by atoms with Crippen LogP contribution in [0.5, 0.6) is 0 Å². The molecule has 0 bridgehead atoms. The van der Waals surface area contributed by atoms with Gasteiger partial charge in [-0.3, -0.25) is 9.59 Å². The number of hydrogen-bond acceptors (Lipinski definition) is 2. The molecule has 0 rings (SSSR count). The minimum absolute atomic E-state index is 0.0355. The van der Waals surface area contributed by atoms with Crippen molar-refractivity contribution in [3.8, 4) is 0 Å². The summed E-state index contributed by atoms with van der Waals surface area (Å²) in [5.41, 5.74) is 0. The maximum Gasteiger partial charge on any atom is 0.243 e. The summed E-state index contributed by atoms with van der Waals surface area (Å²) in [5, 5.41) is 5.00. The van der Waals surface area contributed by atoms with Gasteiger partial charge in [-0.25, -0.2) is 0 Å². The lowest BCUT2D eigenvalue weighted by Crippen LogP contribution is -2.16. The molecule has 0 aliphatic heterocycles. The molecule has 0 aliphatic carbocycles. The van der Waals surface area contributed by atoms with Gasteiger partial charge in [0.25, 0.3) is 0 Å². The Kier molecular flexibility index (Phi) is 6.59. The van der Waals surface area contributed by atoms with Gasteiger partial charge in [-0.05, 0) is 18.9 Å². The van der Waals surface area contributed by atoms with Crippen LogP contribution in [0.15, 0.2) is 12.2 Å². The molecule has 13 heavy (non-hydrogen) atoms. The van der Waals surface area contributed by atoms with Gasteiger partial charge in [-0.1, -0.05) is 6.08 Å². The molecule has 0 fully saturated rings. The quantitative estimate of drug-likeness (QED) is 0.474. The van der Waals surface area contributed by atoms with Crippen molar-refractivity contribution in [3.63, 3.8) is 0 Å². The van der Waals surface area contributed by atoms with Crippen LogP contribution in [0.3, 0.4) is 0 Å². The summed E-state index contributed by atoms with van der Waals surface area (Å²) >= 11 is 0. The summed E-state index contributed by atoms with van der Waals surface area (Å²) in [7, 11) is 3.19. The second kappa shape index (κ2) is 7.34. The van der Waals surface area contributed by atoms with Crippen molar-refractivity contribution in [2.24, 2.45) is 0 Å².